The summed E-state index contributed by atoms with van der Waals surface area (Å²) < 4.78 is 56.3. The number of rotatable bonds is 16. The van der Waals surface area contributed by atoms with Crippen molar-refractivity contribution < 1.29 is 16.8 Å². The van der Waals surface area contributed by atoms with Gasteiger partial charge in [0.2, 0.25) is 20.0 Å². The van der Waals surface area contributed by atoms with Crippen molar-refractivity contribution in [2.75, 3.05) is 32.7 Å². The first-order valence-electron chi connectivity index (χ1n) is 13.5. The molecule has 3 aromatic rings. The molecule has 3 rings (SSSR count). The fourth-order valence-electron chi connectivity index (χ4n) is 4.34. The molecule has 9 heteroatoms. The second-order valence-corrected chi connectivity index (χ2v) is 14.0. The zero-order chi connectivity index (χ0) is 29.2. The molecule has 0 atom stereocenters. The van der Waals surface area contributed by atoms with Gasteiger partial charge in [-0.05, 0) is 76.5 Å². The van der Waals surface area contributed by atoms with Gasteiger partial charge in [0, 0.05) is 26.2 Å². The second kappa shape index (κ2) is 14.7. The Bertz CT molecular complexity index is 1440. The van der Waals surface area contributed by atoms with Gasteiger partial charge in [-0.15, -0.1) is 0 Å². The quantitative estimate of drug-likeness (QED) is 0.187. The molecule has 0 heterocycles. The van der Waals surface area contributed by atoms with Crippen LogP contribution in [0.4, 0.5) is 0 Å². The van der Waals surface area contributed by atoms with Crippen molar-refractivity contribution in [3.63, 3.8) is 0 Å². The van der Waals surface area contributed by atoms with Gasteiger partial charge in [0.05, 0.1) is 9.79 Å². The first-order valence-corrected chi connectivity index (χ1v) is 16.4. The molecule has 0 aliphatic rings. The van der Waals surface area contributed by atoms with Crippen molar-refractivity contribution in [2.24, 2.45) is 0 Å². The Morgan fingerprint density at radius 1 is 0.750 bits per heavy atom. The lowest BCUT2D eigenvalue weighted by atomic mass is 10.2. The van der Waals surface area contributed by atoms with Crippen LogP contribution in [-0.2, 0) is 26.6 Å². The van der Waals surface area contributed by atoms with Crippen LogP contribution in [0.25, 0.3) is 0 Å². The summed E-state index contributed by atoms with van der Waals surface area (Å²) in [5.74, 6) is 0. The van der Waals surface area contributed by atoms with Gasteiger partial charge in [-0.2, -0.15) is 4.31 Å². The minimum atomic E-state index is -3.66. The first kappa shape index (κ1) is 31.7. The number of sulfonamides is 2. The Labute approximate surface area is 240 Å². The van der Waals surface area contributed by atoms with E-state index in [0.29, 0.717) is 45.6 Å². The molecule has 0 aromatic heterocycles. The highest BCUT2D eigenvalue weighted by Gasteiger charge is 2.24. The zero-order valence-corrected chi connectivity index (χ0v) is 25.3. The molecule has 0 saturated carbocycles. The predicted molar refractivity (Wildman–Crippen MR) is 162 cm³/mol. The number of nitrogens with zero attached hydrogens (tertiary/aromatic N) is 2. The van der Waals surface area contributed by atoms with Crippen LogP contribution in [0.1, 0.15) is 36.5 Å². The number of nitrogens with one attached hydrogen (secondary N) is 1. The van der Waals surface area contributed by atoms with Crippen LogP contribution < -0.4 is 4.72 Å². The van der Waals surface area contributed by atoms with E-state index >= 15 is 0 Å². The van der Waals surface area contributed by atoms with Gasteiger partial charge in [0.25, 0.3) is 0 Å². The van der Waals surface area contributed by atoms with Crippen LogP contribution in [0.15, 0.2) is 101 Å². The van der Waals surface area contributed by atoms with Crippen molar-refractivity contribution in [1.29, 1.82) is 0 Å². The molecule has 0 aliphatic heterocycles. The zero-order valence-electron chi connectivity index (χ0n) is 23.7. The largest absolute Gasteiger partial charge is 0.299 e. The van der Waals surface area contributed by atoms with E-state index in [9.17, 15) is 16.8 Å². The average molecular weight is 584 g/mol. The summed E-state index contributed by atoms with van der Waals surface area (Å²) in [6.07, 6.45) is 1.25. The van der Waals surface area contributed by atoms with E-state index in [1.165, 1.54) is 4.31 Å². The highest BCUT2D eigenvalue weighted by Crippen LogP contribution is 2.18. The molecule has 0 radical (unpaired) electrons. The molecular weight excluding hydrogens is 542 g/mol. The maximum Gasteiger partial charge on any atom is 0.243 e. The summed E-state index contributed by atoms with van der Waals surface area (Å²) >= 11 is 0. The maximum atomic E-state index is 13.4. The highest BCUT2D eigenvalue weighted by atomic mass is 32.2. The Morgan fingerprint density at radius 3 is 1.88 bits per heavy atom. The highest BCUT2D eigenvalue weighted by molar-refractivity contribution is 7.89. The average Bonchev–Trinajstić information content (AvgIpc) is 2.91. The van der Waals surface area contributed by atoms with Crippen LogP contribution >= 0.6 is 0 Å². The summed E-state index contributed by atoms with van der Waals surface area (Å²) in [5, 5.41) is 0. The van der Waals surface area contributed by atoms with E-state index < -0.39 is 20.0 Å². The summed E-state index contributed by atoms with van der Waals surface area (Å²) in [5.41, 5.74) is 3.93. The lowest BCUT2D eigenvalue weighted by Crippen LogP contribution is -2.36. The number of hydrogen-bond acceptors (Lipinski definition) is 5. The molecule has 0 unspecified atom stereocenters. The van der Waals surface area contributed by atoms with E-state index in [0.717, 1.165) is 22.3 Å². The standard InChI is InChI=1S/C31H41N3O4S2/c1-26(2)24-34(40(37,38)31-18-14-28(4)15-19-31)23-9-22-33(25-29-10-6-5-7-11-29)21-8-20-32-39(35,36)30-16-12-27(3)13-17-30/h5-7,10-19,32H,1,8-9,20-25H2,2-4H3. The third-order valence-electron chi connectivity index (χ3n) is 6.51. The van der Waals surface area contributed by atoms with Gasteiger partial charge in [-0.3, -0.25) is 4.90 Å². The number of hydrogen-bond donors (Lipinski definition) is 1. The van der Waals surface area contributed by atoms with Crippen molar-refractivity contribution in [1.82, 2.24) is 13.9 Å². The minimum Gasteiger partial charge on any atom is -0.299 e. The van der Waals surface area contributed by atoms with E-state index in [4.69, 9.17) is 0 Å². The summed E-state index contributed by atoms with van der Waals surface area (Å²) in [6, 6.07) is 23.8. The molecule has 1 N–H and O–H groups in total. The Balaban J connectivity index is 1.63. The van der Waals surface area contributed by atoms with Crippen molar-refractivity contribution in [2.45, 2.75) is 49.9 Å². The Morgan fingerprint density at radius 2 is 1.30 bits per heavy atom. The summed E-state index contributed by atoms with van der Waals surface area (Å²) in [6.45, 7) is 12.6. The first-order chi connectivity index (χ1) is 19.0. The topological polar surface area (TPSA) is 86.8 Å². The molecular formula is C31H41N3O4S2. The summed E-state index contributed by atoms with van der Waals surface area (Å²) in [7, 11) is -7.23. The predicted octanol–water partition coefficient (Wildman–Crippen LogP) is 5.13. The SMILES string of the molecule is C=C(C)CN(CCCN(CCCNS(=O)(=O)c1ccc(C)cc1)Cc1ccccc1)S(=O)(=O)c1ccc(C)cc1. The van der Waals surface area contributed by atoms with Crippen LogP contribution in [0.5, 0.6) is 0 Å². The normalized spacial score (nSPS) is 12.2. The smallest absolute Gasteiger partial charge is 0.243 e. The molecule has 0 bridgehead atoms. The fourth-order valence-corrected chi connectivity index (χ4v) is 6.95. The third-order valence-corrected chi connectivity index (χ3v) is 9.85. The molecule has 0 saturated heterocycles. The van der Waals surface area contributed by atoms with E-state index in [2.05, 4.69) is 28.3 Å². The molecule has 0 amide bonds. The van der Waals surface area contributed by atoms with E-state index in [1.54, 1.807) is 48.5 Å². The molecule has 3 aromatic carbocycles. The lowest BCUT2D eigenvalue weighted by Gasteiger charge is -2.26. The lowest BCUT2D eigenvalue weighted by molar-refractivity contribution is 0.250. The molecule has 0 aliphatic carbocycles. The number of benzene rings is 3. The van der Waals surface area contributed by atoms with E-state index in [-0.39, 0.29) is 16.3 Å². The number of aryl methyl sites for hydroxylation is 2. The Hall–Kier alpha value is -2.82. The van der Waals surface area contributed by atoms with E-state index in [1.807, 2.05) is 39.0 Å². The van der Waals surface area contributed by atoms with Crippen molar-refractivity contribution >= 4 is 20.0 Å². The third kappa shape index (κ3) is 9.67. The van der Waals surface area contributed by atoms with Crippen LogP contribution in [0.3, 0.4) is 0 Å². The van der Waals surface area contributed by atoms with Gasteiger partial charge in [-0.25, -0.2) is 21.6 Å². The van der Waals surface area contributed by atoms with Gasteiger partial charge in [0.1, 0.15) is 0 Å². The van der Waals surface area contributed by atoms with Crippen molar-refractivity contribution in [3.8, 4) is 0 Å². The summed E-state index contributed by atoms with van der Waals surface area (Å²) in [4.78, 5) is 2.78. The van der Waals surface area contributed by atoms with Gasteiger partial charge >= 0.3 is 0 Å². The van der Waals surface area contributed by atoms with Crippen LogP contribution in [0.2, 0.25) is 0 Å². The minimum absolute atomic E-state index is 0.256. The van der Waals surface area contributed by atoms with Crippen LogP contribution in [0, 0.1) is 13.8 Å². The second-order valence-electron chi connectivity index (χ2n) is 10.3. The van der Waals surface area contributed by atoms with Gasteiger partial charge in [0.15, 0.2) is 0 Å². The molecule has 7 nitrogen and oxygen atoms in total. The molecule has 40 heavy (non-hydrogen) atoms. The van der Waals surface area contributed by atoms with Gasteiger partial charge in [-0.1, -0.05) is 77.9 Å². The maximum absolute atomic E-state index is 13.4. The Kier molecular flexibility index (Phi) is 11.7. The molecule has 0 fully saturated rings. The fraction of sp³-hybridized carbons (Fsp3) is 0.355. The van der Waals surface area contributed by atoms with Gasteiger partial charge < -0.3 is 0 Å². The van der Waals surface area contributed by atoms with Crippen LogP contribution in [-0.4, -0.2) is 58.8 Å². The monoisotopic (exact) mass is 583 g/mol. The molecule has 0 spiro atoms. The molecule has 216 valence electrons. The van der Waals surface area contributed by atoms with Crippen molar-refractivity contribution in [3.05, 3.63) is 108 Å².